The van der Waals surface area contributed by atoms with Gasteiger partial charge in [-0.3, -0.25) is 4.90 Å². The van der Waals surface area contributed by atoms with E-state index in [1.165, 1.54) is 12.8 Å². The van der Waals surface area contributed by atoms with Crippen LogP contribution in [-0.4, -0.2) is 43.5 Å². The molecule has 0 fully saturated rings. The Bertz CT molecular complexity index is 158. The highest BCUT2D eigenvalue weighted by atomic mass is 32.1. The van der Waals surface area contributed by atoms with E-state index in [9.17, 15) is 0 Å². The van der Waals surface area contributed by atoms with E-state index in [0.29, 0.717) is 6.04 Å². The fourth-order valence-corrected chi connectivity index (χ4v) is 1.87. The standard InChI is InChI=1S/C12H25NOS/c1-4-12(5-2)13(9-10-14-3)8-6-7-11-15/h6-7,12,15H,4-5,8-11H2,1-3H3. The highest BCUT2D eigenvalue weighted by molar-refractivity contribution is 7.80. The van der Waals surface area contributed by atoms with Crippen LogP contribution in [0.2, 0.25) is 0 Å². The zero-order valence-corrected chi connectivity index (χ0v) is 11.2. The lowest BCUT2D eigenvalue weighted by atomic mass is 10.1. The lowest BCUT2D eigenvalue weighted by molar-refractivity contribution is 0.124. The second-order valence-corrected chi connectivity index (χ2v) is 3.98. The van der Waals surface area contributed by atoms with Gasteiger partial charge in [-0.1, -0.05) is 26.0 Å². The summed E-state index contributed by atoms with van der Waals surface area (Å²) >= 11 is 4.16. The van der Waals surface area contributed by atoms with Crippen LogP contribution in [0.15, 0.2) is 12.2 Å². The summed E-state index contributed by atoms with van der Waals surface area (Å²) in [5.41, 5.74) is 0. The molecule has 0 aliphatic heterocycles. The maximum Gasteiger partial charge on any atom is 0.0589 e. The Morgan fingerprint density at radius 2 is 1.93 bits per heavy atom. The Kier molecular flexibility index (Phi) is 10.5. The first-order chi connectivity index (χ1) is 7.29. The molecular formula is C12H25NOS. The molecule has 0 spiro atoms. The average Bonchev–Trinajstić information content (AvgIpc) is 2.26. The topological polar surface area (TPSA) is 12.5 Å². The van der Waals surface area contributed by atoms with Crippen molar-refractivity contribution in [2.45, 2.75) is 32.7 Å². The predicted molar refractivity (Wildman–Crippen MR) is 70.8 cm³/mol. The van der Waals surface area contributed by atoms with Gasteiger partial charge in [-0.2, -0.15) is 12.6 Å². The van der Waals surface area contributed by atoms with E-state index in [0.717, 1.165) is 25.4 Å². The molecule has 0 radical (unpaired) electrons. The molecule has 15 heavy (non-hydrogen) atoms. The van der Waals surface area contributed by atoms with Crippen LogP contribution in [0.4, 0.5) is 0 Å². The molecule has 0 heterocycles. The molecule has 0 unspecified atom stereocenters. The van der Waals surface area contributed by atoms with Gasteiger partial charge in [0.1, 0.15) is 0 Å². The van der Waals surface area contributed by atoms with Crippen LogP contribution in [0.5, 0.6) is 0 Å². The van der Waals surface area contributed by atoms with E-state index < -0.39 is 0 Å². The maximum atomic E-state index is 5.14. The van der Waals surface area contributed by atoms with Gasteiger partial charge < -0.3 is 4.74 Å². The molecule has 0 N–H and O–H groups in total. The Hall–Kier alpha value is 0.01000. The van der Waals surface area contributed by atoms with Crippen molar-refractivity contribution in [3.63, 3.8) is 0 Å². The fraction of sp³-hybridized carbons (Fsp3) is 0.833. The minimum Gasteiger partial charge on any atom is -0.383 e. The monoisotopic (exact) mass is 231 g/mol. The highest BCUT2D eigenvalue weighted by Gasteiger charge is 2.12. The normalized spacial score (nSPS) is 12.1. The molecule has 3 heteroatoms. The smallest absolute Gasteiger partial charge is 0.0589 e. The SMILES string of the molecule is CCC(CC)N(CC=CCS)CCOC. The van der Waals surface area contributed by atoms with Crippen molar-refractivity contribution in [3.8, 4) is 0 Å². The summed E-state index contributed by atoms with van der Waals surface area (Å²) in [5, 5.41) is 0. The molecule has 0 amide bonds. The van der Waals surface area contributed by atoms with Gasteiger partial charge in [0, 0.05) is 32.0 Å². The molecule has 0 aromatic carbocycles. The quantitative estimate of drug-likeness (QED) is 0.484. The maximum absolute atomic E-state index is 5.14. The Labute approximate surface area is 100 Å². The van der Waals surface area contributed by atoms with Gasteiger partial charge in [0.05, 0.1) is 6.61 Å². The van der Waals surface area contributed by atoms with Gasteiger partial charge in [0.2, 0.25) is 0 Å². The third-order valence-electron chi connectivity index (χ3n) is 2.65. The summed E-state index contributed by atoms with van der Waals surface area (Å²) in [7, 11) is 1.76. The highest BCUT2D eigenvalue weighted by Crippen LogP contribution is 2.08. The van der Waals surface area contributed by atoms with E-state index in [-0.39, 0.29) is 0 Å². The summed E-state index contributed by atoms with van der Waals surface area (Å²) in [6.45, 7) is 7.33. The number of hydrogen-bond donors (Lipinski definition) is 1. The third-order valence-corrected chi connectivity index (χ3v) is 2.86. The van der Waals surface area contributed by atoms with Gasteiger partial charge >= 0.3 is 0 Å². The van der Waals surface area contributed by atoms with Crippen LogP contribution in [0.3, 0.4) is 0 Å². The molecule has 0 aromatic rings. The van der Waals surface area contributed by atoms with E-state index >= 15 is 0 Å². The van der Waals surface area contributed by atoms with Crippen molar-refractivity contribution in [1.82, 2.24) is 4.90 Å². The number of ether oxygens (including phenoxy) is 1. The van der Waals surface area contributed by atoms with Gasteiger partial charge in [0.15, 0.2) is 0 Å². The van der Waals surface area contributed by atoms with Crippen molar-refractivity contribution in [3.05, 3.63) is 12.2 Å². The first-order valence-corrected chi connectivity index (χ1v) is 6.42. The van der Waals surface area contributed by atoms with E-state index in [1.807, 2.05) is 0 Å². The summed E-state index contributed by atoms with van der Waals surface area (Å²) in [6.07, 6.45) is 6.70. The lowest BCUT2D eigenvalue weighted by Crippen LogP contribution is -2.37. The Balaban J connectivity index is 4.08. The molecule has 0 aliphatic rings. The molecule has 0 atom stereocenters. The summed E-state index contributed by atoms with van der Waals surface area (Å²) in [5.74, 6) is 0.820. The fourth-order valence-electron chi connectivity index (χ4n) is 1.72. The van der Waals surface area contributed by atoms with Crippen molar-refractivity contribution in [2.24, 2.45) is 0 Å². The predicted octanol–water partition coefficient (Wildman–Crippen LogP) is 2.61. The minimum absolute atomic E-state index is 0.671. The van der Waals surface area contributed by atoms with Crippen LogP contribution in [-0.2, 0) is 4.74 Å². The molecule has 0 saturated heterocycles. The van der Waals surface area contributed by atoms with Crippen LogP contribution in [0.25, 0.3) is 0 Å². The van der Waals surface area contributed by atoms with E-state index in [2.05, 4.69) is 43.5 Å². The first kappa shape index (κ1) is 15.0. The average molecular weight is 231 g/mol. The zero-order chi connectivity index (χ0) is 11.5. The van der Waals surface area contributed by atoms with Crippen LogP contribution < -0.4 is 0 Å². The van der Waals surface area contributed by atoms with Crippen LogP contribution in [0, 0.1) is 0 Å². The molecule has 0 rings (SSSR count). The second kappa shape index (κ2) is 10.5. The molecular weight excluding hydrogens is 206 g/mol. The lowest BCUT2D eigenvalue weighted by Gasteiger charge is -2.29. The largest absolute Gasteiger partial charge is 0.383 e. The zero-order valence-electron chi connectivity index (χ0n) is 10.3. The number of methoxy groups -OCH3 is 1. The number of nitrogens with zero attached hydrogens (tertiary/aromatic N) is 1. The summed E-state index contributed by atoms with van der Waals surface area (Å²) in [6, 6.07) is 0.671. The minimum atomic E-state index is 0.671. The molecule has 0 aliphatic carbocycles. The van der Waals surface area contributed by atoms with Crippen LogP contribution in [0.1, 0.15) is 26.7 Å². The number of hydrogen-bond acceptors (Lipinski definition) is 3. The first-order valence-electron chi connectivity index (χ1n) is 5.78. The van der Waals surface area contributed by atoms with Crippen molar-refractivity contribution in [2.75, 3.05) is 32.6 Å². The van der Waals surface area contributed by atoms with Crippen molar-refractivity contribution >= 4 is 12.6 Å². The molecule has 2 nitrogen and oxygen atoms in total. The summed E-state index contributed by atoms with van der Waals surface area (Å²) < 4.78 is 5.14. The van der Waals surface area contributed by atoms with Gasteiger partial charge in [-0.05, 0) is 12.8 Å². The van der Waals surface area contributed by atoms with Crippen molar-refractivity contribution in [1.29, 1.82) is 0 Å². The van der Waals surface area contributed by atoms with Gasteiger partial charge in [0.25, 0.3) is 0 Å². The van der Waals surface area contributed by atoms with Crippen molar-refractivity contribution < 1.29 is 4.74 Å². The number of thiol groups is 1. The van der Waals surface area contributed by atoms with E-state index in [1.54, 1.807) is 7.11 Å². The van der Waals surface area contributed by atoms with Crippen LogP contribution >= 0.6 is 12.6 Å². The Morgan fingerprint density at radius 3 is 2.40 bits per heavy atom. The molecule has 0 bridgehead atoms. The van der Waals surface area contributed by atoms with E-state index in [4.69, 9.17) is 4.74 Å². The number of rotatable bonds is 9. The van der Waals surface area contributed by atoms with Gasteiger partial charge in [-0.15, -0.1) is 0 Å². The second-order valence-electron chi connectivity index (χ2n) is 3.61. The molecule has 0 saturated carbocycles. The van der Waals surface area contributed by atoms with Gasteiger partial charge in [-0.25, -0.2) is 0 Å². The molecule has 90 valence electrons. The molecule has 0 aromatic heterocycles. The summed E-state index contributed by atoms with van der Waals surface area (Å²) in [4.78, 5) is 2.48. The third kappa shape index (κ3) is 6.98. The Morgan fingerprint density at radius 1 is 1.27 bits per heavy atom.